The zero-order chi connectivity index (χ0) is 30.4. The molecule has 11 nitrogen and oxygen atoms in total. The van der Waals surface area contributed by atoms with Crippen LogP contribution in [0.4, 0.5) is 0 Å². The van der Waals surface area contributed by atoms with Crippen LogP contribution in [0, 0.1) is 5.92 Å². The van der Waals surface area contributed by atoms with Gasteiger partial charge in [0.15, 0.2) is 0 Å². The van der Waals surface area contributed by atoms with Gasteiger partial charge >= 0.3 is 5.97 Å². The van der Waals surface area contributed by atoms with Crippen LogP contribution in [0.5, 0.6) is 0 Å². The summed E-state index contributed by atoms with van der Waals surface area (Å²) in [5.74, 6) is -3.23. The zero-order valence-electron chi connectivity index (χ0n) is 23.8. The van der Waals surface area contributed by atoms with Gasteiger partial charge in [0.1, 0.15) is 17.8 Å². The molecule has 1 unspecified atom stereocenters. The van der Waals surface area contributed by atoms with E-state index < -0.39 is 41.8 Å². The van der Waals surface area contributed by atoms with Crippen LogP contribution in [0.15, 0.2) is 60.7 Å². The van der Waals surface area contributed by atoms with Crippen molar-refractivity contribution in [1.29, 1.82) is 0 Å². The number of nitrogens with one attached hydrogen (secondary N) is 3. The smallest absolute Gasteiger partial charge is 0.320 e. The van der Waals surface area contributed by atoms with Crippen LogP contribution in [0.2, 0.25) is 0 Å². The molecule has 4 rings (SSSR count). The Balaban J connectivity index is 1.46. The van der Waals surface area contributed by atoms with E-state index in [9.17, 15) is 29.1 Å². The molecule has 3 aromatic rings. The van der Waals surface area contributed by atoms with Crippen LogP contribution in [0.1, 0.15) is 53.1 Å². The first-order valence-electron chi connectivity index (χ1n) is 13.9. The molecule has 0 fully saturated rings. The number of aromatic nitrogens is 1. The molecule has 0 radical (unpaired) electrons. The van der Waals surface area contributed by atoms with Gasteiger partial charge in [0, 0.05) is 25.4 Å². The summed E-state index contributed by atoms with van der Waals surface area (Å²) in [7, 11) is 1.48. The minimum atomic E-state index is -1.25. The Hall–Kier alpha value is -4.64. The van der Waals surface area contributed by atoms with Crippen molar-refractivity contribution in [3.05, 3.63) is 77.5 Å². The molecule has 4 amide bonds. The van der Waals surface area contributed by atoms with Crippen molar-refractivity contribution < 1.29 is 29.1 Å². The van der Waals surface area contributed by atoms with Gasteiger partial charge in [-0.25, -0.2) is 4.98 Å². The van der Waals surface area contributed by atoms with E-state index in [0.717, 1.165) is 10.5 Å². The second-order valence-electron chi connectivity index (χ2n) is 10.7. The first-order valence-corrected chi connectivity index (χ1v) is 13.9. The Kier molecular flexibility index (Phi) is 9.64. The van der Waals surface area contributed by atoms with Gasteiger partial charge in [-0.3, -0.25) is 34.2 Å². The number of carbonyl (C=O) groups is 5. The third-order valence-corrected chi connectivity index (χ3v) is 7.17. The SMILES string of the molecule is CNC(=O)[C@H](Cc1ccccc1)NC(=O)[C@H](CC(C)C)NC(CCN1C(=O)c2cc3ccccc3nc2C1=O)C(=O)O. The normalized spacial score (nSPS) is 14.9. The first-order chi connectivity index (χ1) is 20.1. The number of carboxylic acid groups (broad SMARTS) is 1. The van der Waals surface area contributed by atoms with E-state index >= 15 is 0 Å². The van der Waals surface area contributed by atoms with E-state index in [2.05, 4.69) is 20.9 Å². The topological polar surface area (TPSA) is 158 Å². The number of benzene rings is 2. The summed E-state index contributed by atoms with van der Waals surface area (Å²) >= 11 is 0. The standard InChI is InChI=1S/C31H35N5O6/c1-18(2)15-24(28(38)35-25(27(37)32-3)16-19-9-5-4-6-10-19)33-23(31(41)42)13-14-36-29(39)21-17-20-11-7-8-12-22(20)34-26(21)30(36)40/h4-12,17-18,23-25,33H,13-16H2,1-3H3,(H,32,37)(H,35,38)(H,41,42)/t23?,24-,25-/m0/s1. The number of hydrogen-bond acceptors (Lipinski definition) is 7. The van der Waals surface area contributed by atoms with Crippen molar-refractivity contribution in [3.8, 4) is 0 Å². The van der Waals surface area contributed by atoms with Gasteiger partial charge in [-0.2, -0.15) is 0 Å². The van der Waals surface area contributed by atoms with Crippen molar-refractivity contribution in [1.82, 2.24) is 25.8 Å². The summed E-state index contributed by atoms with van der Waals surface area (Å²) in [6.45, 7) is 3.61. The van der Waals surface area contributed by atoms with Crippen LogP contribution in [-0.2, 0) is 20.8 Å². The third kappa shape index (κ3) is 6.98. The average molecular weight is 574 g/mol. The minimum absolute atomic E-state index is 0.0201. The minimum Gasteiger partial charge on any atom is -0.480 e. The average Bonchev–Trinajstić information content (AvgIpc) is 3.20. The van der Waals surface area contributed by atoms with E-state index in [0.29, 0.717) is 17.3 Å². The monoisotopic (exact) mass is 573 g/mol. The molecule has 0 aliphatic carbocycles. The summed E-state index contributed by atoms with van der Waals surface area (Å²) in [6, 6.07) is 14.9. The molecular weight excluding hydrogens is 538 g/mol. The van der Waals surface area contributed by atoms with E-state index in [1.54, 1.807) is 30.3 Å². The third-order valence-electron chi connectivity index (χ3n) is 7.17. The Morgan fingerprint density at radius 1 is 0.905 bits per heavy atom. The molecule has 3 atom stereocenters. The number of para-hydroxylation sites is 1. The highest BCUT2D eigenvalue weighted by molar-refractivity contribution is 6.21. The molecule has 42 heavy (non-hydrogen) atoms. The van der Waals surface area contributed by atoms with E-state index in [4.69, 9.17) is 0 Å². The van der Waals surface area contributed by atoms with Gasteiger partial charge in [0.2, 0.25) is 11.8 Å². The number of pyridine rings is 1. The molecule has 1 aliphatic heterocycles. The number of nitrogens with zero attached hydrogens (tertiary/aromatic N) is 2. The van der Waals surface area contributed by atoms with E-state index in [1.807, 2.05) is 44.2 Å². The number of likely N-dealkylation sites (N-methyl/N-ethyl adjacent to an activating group) is 1. The van der Waals surface area contributed by atoms with Crippen LogP contribution in [0.25, 0.3) is 10.9 Å². The molecule has 220 valence electrons. The quantitative estimate of drug-likeness (QED) is 0.227. The maximum Gasteiger partial charge on any atom is 0.320 e. The number of carbonyl (C=O) groups excluding carboxylic acids is 4. The number of hydrogen-bond donors (Lipinski definition) is 4. The fourth-order valence-electron chi connectivity index (χ4n) is 5.02. The summed E-state index contributed by atoms with van der Waals surface area (Å²) in [5.41, 5.74) is 1.64. The van der Waals surface area contributed by atoms with E-state index in [-0.39, 0.29) is 42.5 Å². The van der Waals surface area contributed by atoms with Crippen molar-refractivity contribution in [2.75, 3.05) is 13.6 Å². The number of amides is 4. The molecule has 0 saturated heterocycles. The lowest BCUT2D eigenvalue weighted by Crippen LogP contribution is -2.56. The van der Waals surface area contributed by atoms with E-state index in [1.165, 1.54) is 7.05 Å². The number of fused-ring (bicyclic) bond motifs is 2. The fraction of sp³-hybridized carbons (Fsp3) is 0.355. The van der Waals surface area contributed by atoms with Crippen molar-refractivity contribution in [2.24, 2.45) is 5.92 Å². The Morgan fingerprint density at radius 2 is 1.60 bits per heavy atom. The fourth-order valence-corrected chi connectivity index (χ4v) is 5.02. The van der Waals surface area contributed by atoms with Crippen molar-refractivity contribution in [2.45, 2.75) is 51.2 Å². The molecular formula is C31H35N5O6. The lowest BCUT2D eigenvalue weighted by molar-refractivity contribution is -0.140. The Labute approximate surface area is 243 Å². The summed E-state index contributed by atoms with van der Waals surface area (Å²) in [5, 5.41) is 18.9. The highest BCUT2D eigenvalue weighted by Gasteiger charge is 2.38. The summed E-state index contributed by atoms with van der Waals surface area (Å²) < 4.78 is 0. The highest BCUT2D eigenvalue weighted by atomic mass is 16.4. The van der Waals surface area contributed by atoms with Crippen molar-refractivity contribution >= 4 is 40.5 Å². The summed E-state index contributed by atoms with van der Waals surface area (Å²) in [6.07, 6.45) is 0.418. The van der Waals surface area contributed by atoms with Crippen molar-refractivity contribution in [3.63, 3.8) is 0 Å². The molecule has 2 aromatic carbocycles. The lowest BCUT2D eigenvalue weighted by atomic mass is 10.00. The van der Waals surface area contributed by atoms with Crippen LogP contribution in [-0.4, -0.2) is 76.3 Å². The lowest BCUT2D eigenvalue weighted by Gasteiger charge is -2.27. The number of carboxylic acids is 1. The Bertz CT molecular complexity index is 1440. The maximum absolute atomic E-state index is 13.4. The zero-order valence-corrected chi connectivity index (χ0v) is 23.8. The highest BCUT2D eigenvalue weighted by Crippen LogP contribution is 2.25. The molecule has 4 N–H and O–H groups in total. The van der Waals surface area contributed by atoms with Crippen LogP contribution < -0.4 is 16.0 Å². The predicted octanol–water partition coefficient (Wildman–Crippen LogP) is 2.15. The van der Waals surface area contributed by atoms with Gasteiger partial charge in [-0.05, 0) is 36.5 Å². The van der Waals surface area contributed by atoms with Gasteiger partial charge in [-0.1, -0.05) is 62.4 Å². The van der Waals surface area contributed by atoms with Gasteiger partial charge in [0.05, 0.1) is 17.1 Å². The largest absolute Gasteiger partial charge is 0.480 e. The summed E-state index contributed by atoms with van der Waals surface area (Å²) in [4.78, 5) is 69.7. The van der Waals surface area contributed by atoms with Gasteiger partial charge < -0.3 is 15.7 Å². The van der Waals surface area contributed by atoms with Crippen LogP contribution >= 0.6 is 0 Å². The second-order valence-corrected chi connectivity index (χ2v) is 10.7. The number of imide groups is 1. The first kappa shape index (κ1) is 30.3. The molecule has 11 heteroatoms. The van der Waals surface area contributed by atoms with Gasteiger partial charge in [-0.15, -0.1) is 0 Å². The number of rotatable bonds is 13. The molecule has 1 aromatic heterocycles. The Morgan fingerprint density at radius 3 is 2.26 bits per heavy atom. The van der Waals surface area contributed by atoms with Gasteiger partial charge in [0.25, 0.3) is 11.8 Å². The predicted molar refractivity (Wildman–Crippen MR) is 156 cm³/mol. The maximum atomic E-state index is 13.4. The van der Waals surface area contributed by atoms with Crippen LogP contribution in [0.3, 0.4) is 0 Å². The number of aliphatic carboxylic acids is 1. The molecule has 0 bridgehead atoms. The second kappa shape index (κ2) is 13.3. The molecule has 1 aliphatic rings. The molecule has 0 saturated carbocycles. The molecule has 2 heterocycles. The molecule has 0 spiro atoms.